The molecule has 0 aliphatic heterocycles. The third-order valence-electron chi connectivity index (χ3n) is 7.73. The van der Waals surface area contributed by atoms with Gasteiger partial charge in [0.05, 0.1) is 5.69 Å². The Bertz CT molecular complexity index is 1350. The van der Waals surface area contributed by atoms with E-state index >= 15 is 0 Å². The smallest absolute Gasteiger partial charge is 0.212 e. The van der Waals surface area contributed by atoms with Gasteiger partial charge in [0.2, 0.25) is 5.69 Å². The summed E-state index contributed by atoms with van der Waals surface area (Å²) >= 11 is 0. The maximum Gasteiger partial charge on any atom is 0.212 e. The molecule has 6 rings (SSSR count). The van der Waals surface area contributed by atoms with Crippen LogP contribution in [0.5, 0.6) is 0 Å². The van der Waals surface area contributed by atoms with E-state index in [-0.39, 0.29) is 5.41 Å². The van der Waals surface area contributed by atoms with E-state index in [1.54, 1.807) is 0 Å². The Morgan fingerprint density at radius 3 is 2.31 bits per heavy atom. The molecule has 2 aromatic carbocycles. The van der Waals surface area contributed by atoms with Crippen molar-refractivity contribution in [3.8, 4) is 33.5 Å². The van der Waals surface area contributed by atoms with Gasteiger partial charge in [0.15, 0.2) is 6.20 Å². The second-order valence-electron chi connectivity index (χ2n) is 9.63. The molecule has 0 N–H and O–H groups in total. The molecule has 4 aromatic rings. The maximum absolute atomic E-state index is 4.91. The van der Waals surface area contributed by atoms with Gasteiger partial charge in [0, 0.05) is 34.4 Å². The zero-order chi connectivity index (χ0) is 21.9. The van der Waals surface area contributed by atoms with Crippen molar-refractivity contribution in [3.05, 3.63) is 95.4 Å². The van der Waals surface area contributed by atoms with Crippen molar-refractivity contribution in [2.45, 2.75) is 44.9 Å². The summed E-state index contributed by atoms with van der Waals surface area (Å²) in [4.78, 5) is 4.91. The monoisotopic (exact) mass is 417 g/mol. The second kappa shape index (κ2) is 7.13. The molecule has 2 nitrogen and oxygen atoms in total. The largest absolute Gasteiger partial charge is 0.260 e. The van der Waals surface area contributed by atoms with Crippen LogP contribution in [0.25, 0.3) is 33.5 Å². The van der Waals surface area contributed by atoms with Crippen molar-refractivity contribution in [2.24, 2.45) is 7.05 Å². The van der Waals surface area contributed by atoms with Crippen LogP contribution in [0.15, 0.2) is 73.1 Å². The summed E-state index contributed by atoms with van der Waals surface area (Å²) in [7, 11) is 2.17. The van der Waals surface area contributed by atoms with Crippen molar-refractivity contribution in [2.75, 3.05) is 0 Å². The van der Waals surface area contributed by atoms with Crippen LogP contribution in [0.2, 0.25) is 0 Å². The van der Waals surface area contributed by atoms with Gasteiger partial charge < -0.3 is 0 Å². The zero-order valence-electron chi connectivity index (χ0n) is 19.2. The Kier molecular flexibility index (Phi) is 4.33. The first-order valence-corrected chi connectivity index (χ1v) is 11.8. The van der Waals surface area contributed by atoms with Crippen LogP contribution in [0.4, 0.5) is 0 Å². The summed E-state index contributed by atoms with van der Waals surface area (Å²) in [5.41, 5.74) is 13.5. The highest BCUT2D eigenvalue weighted by atomic mass is 14.9. The Balaban J connectivity index is 1.54. The number of benzene rings is 2. The van der Waals surface area contributed by atoms with Crippen LogP contribution in [-0.4, -0.2) is 4.98 Å². The lowest BCUT2D eigenvalue weighted by molar-refractivity contribution is -0.660. The highest BCUT2D eigenvalue weighted by molar-refractivity contribution is 5.84. The minimum Gasteiger partial charge on any atom is -0.260 e. The second-order valence-corrected chi connectivity index (χ2v) is 9.63. The van der Waals surface area contributed by atoms with Gasteiger partial charge in [-0.1, -0.05) is 55.3 Å². The Morgan fingerprint density at radius 2 is 1.53 bits per heavy atom. The molecule has 1 fully saturated rings. The van der Waals surface area contributed by atoms with E-state index < -0.39 is 0 Å². The molecule has 2 heterocycles. The van der Waals surface area contributed by atoms with Crippen molar-refractivity contribution in [1.82, 2.24) is 4.98 Å². The Labute approximate surface area is 190 Å². The molecule has 2 aliphatic carbocycles. The molecule has 0 amide bonds. The molecular formula is C30H29N2+. The Morgan fingerprint density at radius 1 is 0.781 bits per heavy atom. The number of aryl methyl sites for hydroxylation is 3. The van der Waals surface area contributed by atoms with E-state index in [2.05, 4.69) is 92.3 Å². The predicted octanol–water partition coefficient (Wildman–Crippen LogP) is 6.70. The summed E-state index contributed by atoms with van der Waals surface area (Å²) < 4.78 is 2.29. The number of hydrogen-bond donors (Lipinski definition) is 0. The van der Waals surface area contributed by atoms with Crippen molar-refractivity contribution in [3.63, 3.8) is 0 Å². The molecule has 2 heteroatoms. The van der Waals surface area contributed by atoms with Gasteiger partial charge in [-0.05, 0) is 66.6 Å². The number of nitrogens with zero attached hydrogens (tertiary/aromatic N) is 2. The number of rotatable bonds is 2. The van der Waals surface area contributed by atoms with E-state index in [0.29, 0.717) is 0 Å². The van der Waals surface area contributed by atoms with Crippen LogP contribution in [0.1, 0.15) is 48.1 Å². The first-order valence-electron chi connectivity index (χ1n) is 11.8. The van der Waals surface area contributed by atoms with E-state index in [4.69, 9.17) is 4.98 Å². The lowest BCUT2D eigenvalue weighted by Gasteiger charge is -2.25. The highest BCUT2D eigenvalue weighted by Crippen LogP contribution is 2.56. The van der Waals surface area contributed by atoms with Crippen molar-refractivity contribution >= 4 is 0 Å². The fourth-order valence-electron chi connectivity index (χ4n) is 6.16. The summed E-state index contributed by atoms with van der Waals surface area (Å²) in [6.45, 7) is 4.50. The SMILES string of the molecule is Cc1cc(-c2cc3c(cc2C)C2(CCCC2)c2ncccc2-3)[n+](C)cc1-c1ccccc1. The van der Waals surface area contributed by atoms with Gasteiger partial charge in [-0.15, -0.1) is 0 Å². The van der Waals surface area contributed by atoms with Gasteiger partial charge in [-0.3, -0.25) is 4.98 Å². The maximum atomic E-state index is 4.91. The first kappa shape index (κ1) is 19.4. The minimum atomic E-state index is 0.129. The fourth-order valence-corrected chi connectivity index (χ4v) is 6.16. The fraction of sp³-hybridized carbons (Fsp3) is 0.267. The van der Waals surface area contributed by atoms with Gasteiger partial charge >= 0.3 is 0 Å². The molecule has 0 saturated heterocycles. The van der Waals surface area contributed by atoms with Crippen LogP contribution in [0, 0.1) is 13.8 Å². The van der Waals surface area contributed by atoms with Crippen LogP contribution in [0.3, 0.4) is 0 Å². The van der Waals surface area contributed by atoms with Gasteiger partial charge in [0.25, 0.3) is 0 Å². The minimum absolute atomic E-state index is 0.129. The summed E-state index contributed by atoms with van der Waals surface area (Å²) in [6.07, 6.45) is 9.30. The molecule has 32 heavy (non-hydrogen) atoms. The van der Waals surface area contributed by atoms with Gasteiger partial charge in [-0.2, -0.15) is 0 Å². The van der Waals surface area contributed by atoms with Gasteiger partial charge in [-0.25, -0.2) is 4.57 Å². The lowest BCUT2D eigenvalue weighted by atomic mass is 9.78. The number of hydrogen-bond acceptors (Lipinski definition) is 1. The molecule has 0 atom stereocenters. The first-order chi connectivity index (χ1) is 15.6. The average molecular weight is 418 g/mol. The Hall–Kier alpha value is -3.26. The van der Waals surface area contributed by atoms with Gasteiger partial charge in [0.1, 0.15) is 7.05 Å². The van der Waals surface area contributed by atoms with E-state index in [1.165, 1.54) is 81.6 Å². The van der Waals surface area contributed by atoms with Crippen LogP contribution in [-0.2, 0) is 12.5 Å². The molecule has 0 radical (unpaired) electrons. The van der Waals surface area contributed by atoms with Crippen LogP contribution < -0.4 is 4.57 Å². The molecule has 1 spiro atoms. The number of pyridine rings is 2. The third-order valence-corrected chi connectivity index (χ3v) is 7.73. The molecular weight excluding hydrogens is 388 g/mol. The summed E-state index contributed by atoms with van der Waals surface area (Å²) in [5.74, 6) is 0. The third kappa shape index (κ3) is 2.72. The van der Waals surface area contributed by atoms with E-state index in [1.807, 2.05) is 6.20 Å². The zero-order valence-corrected chi connectivity index (χ0v) is 19.2. The molecule has 1 saturated carbocycles. The molecule has 158 valence electrons. The summed E-state index contributed by atoms with van der Waals surface area (Å²) in [6, 6.07) is 22.3. The number of aromatic nitrogens is 2. The number of fused-ring (bicyclic) bond motifs is 5. The predicted molar refractivity (Wildman–Crippen MR) is 130 cm³/mol. The molecule has 2 aromatic heterocycles. The molecule has 0 unspecified atom stereocenters. The van der Waals surface area contributed by atoms with Crippen molar-refractivity contribution in [1.29, 1.82) is 0 Å². The van der Waals surface area contributed by atoms with Crippen molar-refractivity contribution < 1.29 is 4.57 Å². The standard InChI is InChI=1S/C30H29N2/c1-20-16-27-25(23-12-9-15-31-29(23)30(27)13-7-8-14-30)18-24(20)28-17-21(2)26(19-32(28)3)22-10-5-4-6-11-22/h4-6,9-12,15-19H,7-8,13-14H2,1-3H3/q+1. The lowest BCUT2D eigenvalue weighted by Crippen LogP contribution is -2.31. The normalized spacial score (nSPS) is 15.7. The topological polar surface area (TPSA) is 16.8 Å². The summed E-state index contributed by atoms with van der Waals surface area (Å²) in [5, 5.41) is 0. The van der Waals surface area contributed by atoms with E-state index in [0.717, 1.165) is 0 Å². The molecule has 2 aliphatic rings. The quantitative estimate of drug-likeness (QED) is 0.332. The molecule has 0 bridgehead atoms. The van der Waals surface area contributed by atoms with E-state index in [9.17, 15) is 0 Å². The average Bonchev–Trinajstić information content (AvgIpc) is 3.41. The van der Waals surface area contributed by atoms with Crippen LogP contribution >= 0.6 is 0 Å². The highest BCUT2D eigenvalue weighted by Gasteiger charge is 2.46.